The van der Waals surface area contributed by atoms with Gasteiger partial charge in [0.15, 0.2) is 0 Å². The van der Waals surface area contributed by atoms with Gasteiger partial charge >= 0.3 is 0 Å². The fourth-order valence-corrected chi connectivity index (χ4v) is 2.45. The summed E-state index contributed by atoms with van der Waals surface area (Å²) < 4.78 is 24.1. The van der Waals surface area contributed by atoms with E-state index in [-0.39, 0.29) is 36.3 Å². The molecule has 5 nitrogen and oxygen atoms in total. The summed E-state index contributed by atoms with van der Waals surface area (Å²) in [4.78, 5) is 12.3. The maximum atomic E-state index is 13.4. The first-order chi connectivity index (χ1) is 10.0. The maximum Gasteiger partial charge on any atom is 0.240 e. The molecule has 1 saturated heterocycles. The minimum absolute atomic E-state index is 0. The number of halogens is 2. The van der Waals surface area contributed by atoms with Crippen molar-refractivity contribution in [3.05, 3.63) is 29.6 Å². The Bertz CT molecular complexity index is 516. The monoisotopic (exact) mass is 332 g/mol. The topological polar surface area (TPSA) is 59.6 Å². The Morgan fingerprint density at radius 2 is 2.27 bits per heavy atom. The van der Waals surface area contributed by atoms with Crippen LogP contribution in [0.15, 0.2) is 18.2 Å². The molecule has 0 spiro atoms. The number of carbonyl (C=O) groups excluding carboxylic acids is 1. The van der Waals surface area contributed by atoms with Crippen LogP contribution < -0.4 is 15.4 Å². The second-order valence-corrected chi connectivity index (χ2v) is 5.12. The van der Waals surface area contributed by atoms with Crippen molar-refractivity contribution in [3.8, 4) is 5.75 Å². The molecular weight excluding hydrogens is 311 g/mol. The van der Waals surface area contributed by atoms with Crippen molar-refractivity contribution in [1.82, 2.24) is 10.6 Å². The third-order valence-electron chi connectivity index (χ3n) is 3.62. The van der Waals surface area contributed by atoms with Crippen LogP contribution in [0.3, 0.4) is 0 Å². The molecule has 0 bridgehead atoms. The standard InChI is InChI=1S/C15H21FN2O3.ClH/c1-9(12-8-11(16)4-5-13(12)20-3)18-15(19)14-10(2)21-7-6-17-14;/h4-5,8-10,14,17H,6-7H2,1-3H3,(H,18,19);1H/t9?,10-,14+;/m1./s1. The summed E-state index contributed by atoms with van der Waals surface area (Å²) in [6.45, 7) is 4.88. The molecule has 1 heterocycles. The second kappa shape index (κ2) is 8.31. The molecule has 1 amide bonds. The molecule has 2 rings (SSSR count). The van der Waals surface area contributed by atoms with E-state index in [1.54, 1.807) is 13.0 Å². The Morgan fingerprint density at radius 1 is 1.55 bits per heavy atom. The number of rotatable bonds is 4. The molecular formula is C15H22ClFN2O3. The lowest BCUT2D eigenvalue weighted by Crippen LogP contribution is -2.55. The molecule has 2 N–H and O–H groups in total. The predicted molar refractivity (Wildman–Crippen MR) is 84.0 cm³/mol. The number of nitrogens with one attached hydrogen (secondary N) is 2. The van der Waals surface area contributed by atoms with E-state index in [4.69, 9.17) is 9.47 Å². The predicted octanol–water partition coefficient (Wildman–Crippen LogP) is 1.81. The Kier molecular flexibility index (Phi) is 7.06. The lowest BCUT2D eigenvalue weighted by Gasteiger charge is -2.30. The lowest BCUT2D eigenvalue weighted by atomic mass is 10.0. The van der Waals surface area contributed by atoms with Gasteiger partial charge in [-0.2, -0.15) is 0 Å². The van der Waals surface area contributed by atoms with Crippen molar-refractivity contribution in [2.45, 2.75) is 32.0 Å². The van der Waals surface area contributed by atoms with Crippen LogP contribution in [0.2, 0.25) is 0 Å². The van der Waals surface area contributed by atoms with E-state index in [0.717, 1.165) is 0 Å². The van der Waals surface area contributed by atoms with Gasteiger partial charge < -0.3 is 20.1 Å². The highest BCUT2D eigenvalue weighted by molar-refractivity contribution is 5.85. The zero-order valence-electron chi connectivity index (χ0n) is 12.9. The van der Waals surface area contributed by atoms with Crippen molar-refractivity contribution in [3.63, 3.8) is 0 Å². The summed E-state index contributed by atoms with van der Waals surface area (Å²) in [5, 5.41) is 5.99. The van der Waals surface area contributed by atoms with E-state index in [2.05, 4.69) is 10.6 Å². The van der Waals surface area contributed by atoms with Gasteiger partial charge in [0.2, 0.25) is 5.91 Å². The van der Waals surface area contributed by atoms with Crippen molar-refractivity contribution < 1.29 is 18.7 Å². The van der Waals surface area contributed by atoms with E-state index in [1.165, 1.54) is 19.2 Å². The fourth-order valence-electron chi connectivity index (χ4n) is 2.45. The minimum atomic E-state index is -0.402. The molecule has 1 aromatic rings. The van der Waals surface area contributed by atoms with Crippen LogP contribution in [0, 0.1) is 5.82 Å². The number of hydrogen-bond acceptors (Lipinski definition) is 4. The quantitative estimate of drug-likeness (QED) is 0.883. The Balaban J connectivity index is 0.00000242. The van der Waals surface area contributed by atoms with E-state index < -0.39 is 6.04 Å². The zero-order chi connectivity index (χ0) is 15.4. The summed E-state index contributed by atoms with van der Waals surface area (Å²) in [7, 11) is 1.52. The molecule has 0 aromatic heterocycles. The highest BCUT2D eigenvalue weighted by Gasteiger charge is 2.29. The van der Waals surface area contributed by atoms with Gasteiger partial charge in [0.1, 0.15) is 17.6 Å². The number of hydrogen-bond donors (Lipinski definition) is 2. The normalized spacial score (nSPS) is 22.4. The largest absolute Gasteiger partial charge is 0.496 e. The van der Waals surface area contributed by atoms with Crippen LogP contribution in [0.1, 0.15) is 25.5 Å². The van der Waals surface area contributed by atoms with E-state index >= 15 is 0 Å². The molecule has 0 aliphatic carbocycles. The fraction of sp³-hybridized carbons (Fsp3) is 0.533. The van der Waals surface area contributed by atoms with Gasteiger partial charge in [-0.1, -0.05) is 0 Å². The third kappa shape index (κ3) is 4.32. The molecule has 1 aromatic carbocycles. The SMILES string of the molecule is COc1ccc(F)cc1C(C)NC(=O)[C@H]1NCCO[C@@H]1C.Cl. The summed E-state index contributed by atoms with van der Waals surface area (Å²) in [6, 6.07) is 3.49. The maximum absolute atomic E-state index is 13.4. The Hall–Kier alpha value is -1.37. The van der Waals surface area contributed by atoms with Crippen LogP contribution >= 0.6 is 12.4 Å². The molecule has 1 aliphatic rings. The van der Waals surface area contributed by atoms with Gasteiger partial charge in [-0.05, 0) is 32.0 Å². The van der Waals surface area contributed by atoms with Gasteiger partial charge in [0.25, 0.3) is 0 Å². The van der Waals surface area contributed by atoms with Crippen molar-refractivity contribution in [2.24, 2.45) is 0 Å². The van der Waals surface area contributed by atoms with Crippen molar-refractivity contribution in [2.75, 3.05) is 20.3 Å². The van der Waals surface area contributed by atoms with Gasteiger partial charge in [-0.3, -0.25) is 4.79 Å². The zero-order valence-corrected chi connectivity index (χ0v) is 13.7. The van der Waals surface area contributed by atoms with Crippen LogP contribution in [0.25, 0.3) is 0 Å². The number of carbonyl (C=O) groups is 1. The molecule has 22 heavy (non-hydrogen) atoms. The lowest BCUT2D eigenvalue weighted by molar-refractivity contribution is -0.129. The minimum Gasteiger partial charge on any atom is -0.496 e. The first-order valence-corrected chi connectivity index (χ1v) is 7.01. The molecule has 1 unspecified atom stereocenters. The van der Waals surface area contributed by atoms with E-state index in [1.807, 2.05) is 6.92 Å². The second-order valence-electron chi connectivity index (χ2n) is 5.12. The summed E-state index contributed by atoms with van der Waals surface area (Å²) in [6.07, 6.45) is -0.194. The number of benzene rings is 1. The Morgan fingerprint density at radius 3 is 2.91 bits per heavy atom. The number of ether oxygens (including phenoxy) is 2. The van der Waals surface area contributed by atoms with Crippen LogP contribution in [0.4, 0.5) is 4.39 Å². The first kappa shape index (κ1) is 18.7. The van der Waals surface area contributed by atoms with E-state index in [0.29, 0.717) is 24.5 Å². The van der Waals surface area contributed by atoms with Gasteiger partial charge in [-0.15, -0.1) is 12.4 Å². The number of methoxy groups -OCH3 is 1. The van der Waals surface area contributed by atoms with Crippen molar-refractivity contribution >= 4 is 18.3 Å². The molecule has 1 aliphatic heterocycles. The average molecular weight is 333 g/mol. The van der Waals surface area contributed by atoms with E-state index in [9.17, 15) is 9.18 Å². The molecule has 0 saturated carbocycles. The first-order valence-electron chi connectivity index (χ1n) is 7.01. The summed E-state index contributed by atoms with van der Waals surface area (Å²) in [5.41, 5.74) is 0.607. The number of amides is 1. The third-order valence-corrected chi connectivity index (χ3v) is 3.62. The smallest absolute Gasteiger partial charge is 0.240 e. The summed E-state index contributed by atoms with van der Waals surface area (Å²) >= 11 is 0. The average Bonchev–Trinajstić information content (AvgIpc) is 2.47. The summed E-state index contributed by atoms with van der Waals surface area (Å²) in [5.74, 6) is 0.0190. The van der Waals surface area contributed by atoms with Gasteiger partial charge in [-0.25, -0.2) is 4.39 Å². The number of morpholine rings is 1. The molecule has 7 heteroatoms. The van der Waals surface area contributed by atoms with Crippen molar-refractivity contribution in [1.29, 1.82) is 0 Å². The van der Waals surface area contributed by atoms with Gasteiger partial charge in [0.05, 0.1) is 25.9 Å². The van der Waals surface area contributed by atoms with Crippen LogP contribution in [-0.2, 0) is 9.53 Å². The van der Waals surface area contributed by atoms with Gasteiger partial charge in [0, 0.05) is 12.1 Å². The Labute approximate surface area is 136 Å². The molecule has 124 valence electrons. The molecule has 3 atom stereocenters. The highest BCUT2D eigenvalue weighted by atomic mass is 35.5. The van der Waals surface area contributed by atoms with Crippen LogP contribution in [0.5, 0.6) is 5.75 Å². The highest BCUT2D eigenvalue weighted by Crippen LogP contribution is 2.26. The van der Waals surface area contributed by atoms with Crippen LogP contribution in [-0.4, -0.2) is 38.3 Å². The molecule has 1 fully saturated rings. The molecule has 0 radical (unpaired) electrons.